The Bertz CT molecular complexity index is 1400. The lowest BCUT2D eigenvalue weighted by atomic mass is 9.96. The number of hydrogen-bond acceptors (Lipinski definition) is 5. The zero-order valence-corrected chi connectivity index (χ0v) is 25.6. The third kappa shape index (κ3) is 8.85. The van der Waals surface area contributed by atoms with E-state index in [1.807, 2.05) is 80.8 Å². The summed E-state index contributed by atoms with van der Waals surface area (Å²) in [6, 6.07) is 17.6. The summed E-state index contributed by atoms with van der Waals surface area (Å²) >= 11 is 1.57. The zero-order chi connectivity index (χ0) is 30.2. The average Bonchev–Trinajstić information content (AvgIpc) is 2.90. The molecule has 0 bridgehead atoms. The van der Waals surface area contributed by atoms with Crippen LogP contribution in [0.1, 0.15) is 49.9 Å². The summed E-state index contributed by atoms with van der Waals surface area (Å²) in [5.74, 6) is -0.113. The number of amides is 3. The summed E-state index contributed by atoms with van der Waals surface area (Å²) in [4.78, 5) is 42.5. The van der Waals surface area contributed by atoms with Crippen molar-refractivity contribution in [2.24, 2.45) is 0 Å². The molecule has 41 heavy (non-hydrogen) atoms. The van der Waals surface area contributed by atoms with E-state index >= 15 is 0 Å². The second kappa shape index (κ2) is 14.2. The van der Waals surface area contributed by atoms with Crippen LogP contribution in [0.4, 0.5) is 10.5 Å². The highest BCUT2D eigenvalue weighted by molar-refractivity contribution is 7.98. The summed E-state index contributed by atoms with van der Waals surface area (Å²) in [5.41, 5.74) is 2.53. The number of carbonyl (C=O) groups is 3. The predicted molar refractivity (Wildman–Crippen MR) is 169 cm³/mol. The molecule has 0 aromatic heterocycles. The molecule has 0 radical (unpaired) electrons. The summed E-state index contributed by atoms with van der Waals surface area (Å²) < 4.78 is 5.45. The molecule has 0 aliphatic carbocycles. The van der Waals surface area contributed by atoms with Crippen molar-refractivity contribution in [3.05, 3.63) is 90.0 Å². The molecule has 218 valence electrons. The van der Waals surface area contributed by atoms with Crippen molar-refractivity contribution in [2.75, 3.05) is 23.9 Å². The van der Waals surface area contributed by atoms with Crippen LogP contribution in [0.5, 0.6) is 0 Å². The van der Waals surface area contributed by atoms with Crippen molar-refractivity contribution in [2.45, 2.75) is 58.7 Å². The molecule has 0 aliphatic rings. The Morgan fingerprint density at radius 3 is 2.37 bits per heavy atom. The number of carbonyl (C=O) groups excluding carboxylic acids is 3. The van der Waals surface area contributed by atoms with Crippen LogP contribution in [0.2, 0.25) is 0 Å². The molecule has 0 saturated heterocycles. The molecule has 7 nitrogen and oxygen atoms in total. The molecule has 3 amide bonds. The molecule has 0 aliphatic heterocycles. The number of nitrogens with one attached hydrogen (secondary N) is 2. The molecule has 2 N–H and O–H groups in total. The van der Waals surface area contributed by atoms with Crippen molar-refractivity contribution in [1.82, 2.24) is 10.2 Å². The molecule has 0 heterocycles. The zero-order valence-electron chi connectivity index (χ0n) is 24.8. The van der Waals surface area contributed by atoms with Gasteiger partial charge in [0.1, 0.15) is 17.7 Å². The standard InChI is InChI=1S/C33H41N3O4S/c1-8-18-36(31(38)28(17-19-41-7)35-32(39)40-33(4,5)6)29(27-16-13-22(2)20-23(27)3)30(37)34-26-15-14-24-11-9-10-12-25(24)21-26/h8-16,20-21,28-29H,1,17-19H2,2-7H3,(H,34,37)(H,35,39). The molecule has 3 aromatic carbocycles. The van der Waals surface area contributed by atoms with E-state index in [4.69, 9.17) is 4.74 Å². The Balaban J connectivity index is 2.03. The van der Waals surface area contributed by atoms with Gasteiger partial charge < -0.3 is 20.3 Å². The van der Waals surface area contributed by atoms with Crippen molar-refractivity contribution in [3.63, 3.8) is 0 Å². The van der Waals surface area contributed by atoms with E-state index < -0.39 is 23.8 Å². The fourth-order valence-corrected chi connectivity index (χ4v) is 5.14. The lowest BCUT2D eigenvalue weighted by Gasteiger charge is -2.34. The summed E-state index contributed by atoms with van der Waals surface area (Å²) in [7, 11) is 0. The van der Waals surface area contributed by atoms with Gasteiger partial charge in [0.15, 0.2) is 0 Å². The molecule has 3 rings (SSSR count). The van der Waals surface area contributed by atoms with Crippen molar-refractivity contribution >= 4 is 46.1 Å². The first-order valence-electron chi connectivity index (χ1n) is 13.7. The van der Waals surface area contributed by atoms with E-state index in [9.17, 15) is 14.4 Å². The van der Waals surface area contributed by atoms with Crippen LogP contribution in [-0.4, -0.2) is 53.0 Å². The minimum Gasteiger partial charge on any atom is -0.444 e. The topological polar surface area (TPSA) is 87.7 Å². The van der Waals surface area contributed by atoms with Gasteiger partial charge in [0.2, 0.25) is 5.91 Å². The van der Waals surface area contributed by atoms with E-state index in [1.165, 1.54) is 4.90 Å². The number of anilines is 1. The van der Waals surface area contributed by atoms with Crippen LogP contribution in [-0.2, 0) is 14.3 Å². The second-order valence-corrected chi connectivity index (χ2v) is 12.1. The number of alkyl carbamates (subject to hydrolysis) is 1. The molecule has 2 atom stereocenters. The lowest BCUT2D eigenvalue weighted by Crippen LogP contribution is -2.52. The highest BCUT2D eigenvalue weighted by Gasteiger charge is 2.36. The third-order valence-corrected chi connectivity index (χ3v) is 7.15. The number of benzene rings is 3. The highest BCUT2D eigenvalue weighted by atomic mass is 32.2. The molecular weight excluding hydrogens is 534 g/mol. The normalized spacial score (nSPS) is 12.7. The SMILES string of the molecule is C=CCN(C(=O)C(CCSC)NC(=O)OC(C)(C)C)C(C(=O)Nc1ccc2ccccc2c1)c1ccc(C)cc1C. The number of fused-ring (bicyclic) bond motifs is 1. The van der Waals surface area contributed by atoms with Gasteiger partial charge in [0.25, 0.3) is 5.91 Å². The van der Waals surface area contributed by atoms with Gasteiger partial charge in [0.05, 0.1) is 0 Å². The number of thioether (sulfide) groups is 1. The van der Waals surface area contributed by atoms with Gasteiger partial charge in [-0.25, -0.2) is 4.79 Å². The van der Waals surface area contributed by atoms with Crippen LogP contribution >= 0.6 is 11.8 Å². The Kier molecular flexibility index (Phi) is 11.0. The van der Waals surface area contributed by atoms with E-state index in [0.29, 0.717) is 23.4 Å². The Morgan fingerprint density at radius 1 is 1.02 bits per heavy atom. The molecule has 0 fully saturated rings. The fraction of sp³-hybridized carbons (Fsp3) is 0.364. The maximum atomic E-state index is 14.2. The maximum absolute atomic E-state index is 14.2. The van der Waals surface area contributed by atoms with Gasteiger partial charge in [-0.15, -0.1) is 6.58 Å². The summed E-state index contributed by atoms with van der Waals surface area (Å²) in [6.45, 7) is 13.2. The van der Waals surface area contributed by atoms with E-state index in [2.05, 4.69) is 17.2 Å². The van der Waals surface area contributed by atoms with Crippen LogP contribution in [0, 0.1) is 13.8 Å². The first kappa shape index (κ1) is 31.7. The van der Waals surface area contributed by atoms with Gasteiger partial charge in [-0.1, -0.05) is 60.2 Å². The molecule has 0 spiro atoms. The summed E-state index contributed by atoms with van der Waals surface area (Å²) in [6.07, 6.45) is 3.22. The maximum Gasteiger partial charge on any atom is 0.408 e. The second-order valence-electron chi connectivity index (χ2n) is 11.1. The number of aryl methyl sites for hydroxylation is 2. The number of hydrogen-bond donors (Lipinski definition) is 2. The Morgan fingerprint density at radius 2 is 1.73 bits per heavy atom. The average molecular weight is 576 g/mol. The van der Waals surface area contributed by atoms with Crippen LogP contribution in [0.25, 0.3) is 10.8 Å². The van der Waals surface area contributed by atoms with E-state index in [-0.39, 0.29) is 18.4 Å². The quantitative estimate of drug-likeness (QED) is 0.246. The molecule has 2 unspecified atom stereocenters. The predicted octanol–water partition coefficient (Wildman–Crippen LogP) is 6.80. The van der Waals surface area contributed by atoms with Gasteiger partial charge in [-0.3, -0.25) is 9.59 Å². The number of rotatable bonds is 11. The lowest BCUT2D eigenvalue weighted by molar-refractivity contribution is -0.140. The van der Waals surface area contributed by atoms with Crippen molar-refractivity contribution in [1.29, 1.82) is 0 Å². The molecule has 3 aromatic rings. The molecule has 0 saturated carbocycles. The number of nitrogens with zero attached hydrogens (tertiary/aromatic N) is 1. The Hall–Kier alpha value is -3.78. The molecule has 8 heteroatoms. The third-order valence-electron chi connectivity index (χ3n) is 6.51. The van der Waals surface area contributed by atoms with Crippen molar-refractivity contribution in [3.8, 4) is 0 Å². The first-order chi connectivity index (χ1) is 19.4. The highest BCUT2D eigenvalue weighted by Crippen LogP contribution is 2.29. The summed E-state index contributed by atoms with van der Waals surface area (Å²) in [5, 5.41) is 7.84. The van der Waals surface area contributed by atoms with Crippen LogP contribution < -0.4 is 10.6 Å². The van der Waals surface area contributed by atoms with Gasteiger partial charge in [-0.05, 0) is 87.1 Å². The van der Waals surface area contributed by atoms with E-state index in [0.717, 1.165) is 21.9 Å². The van der Waals surface area contributed by atoms with Gasteiger partial charge in [-0.2, -0.15) is 11.8 Å². The number of ether oxygens (including phenoxy) is 1. The van der Waals surface area contributed by atoms with Gasteiger partial charge >= 0.3 is 6.09 Å². The smallest absolute Gasteiger partial charge is 0.408 e. The fourth-order valence-electron chi connectivity index (χ4n) is 4.67. The van der Waals surface area contributed by atoms with Crippen molar-refractivity contribution < 1.29 is 19.1 Å². The Labute approximate surface area is 247 Å². The first-order valence-corrected chi connectivity index (χ1v) is 15.1. The largest absolute Gasteiger partial charge is 0.444 e. The molecular formula is C33H41N3O4S. The van der Waals surface area contributed by atoms with E-state index in [1.54, 1.807) is 38.6 Å². The minimum atomic E-state index is -0.968. The monoisotopic (exact) mass is 575 g/mol. The van der Waals surface area contributed by atoms with Crippen LogP contribution in [0.15, 0.2) is 73.3 Å². The van der Waals surface area contributed by atoms with Crippen LogP contribution in [0.3, 0.4) is 0 Å². The van der Waals surface area contributed by atoms with Gasteiger partial charge in [0, 0.05) is 12.2 Å². The minimum absolute atomic E-state index is 0.105.